The van der Waals surface area contributed by atoms with E-state index in [4.69, 9.17) is 4.74 Å². The molecular weight excluding hydrogens is 442 g/mol. The molecule has 4 rings (SSSR count). The van der Waals surface area contributed by atoms with Crippen molar-refractivity contribution in [1.82, 2.24) is 25.1 Å². The number of hydrogen-bond donors (Lipinski definition) is 2. The van der Waals surface area contributed by atoms with Crippen molar-refractivity contribution in [2.75, 3.05) is 19.7 Å². The van der Waals surface area contributed by atoms with Crippen molar-refractivity contribution in [1.29, 1.82) is 0 Å². The maximum absolute atomic E-state index is 12.7. The van der Waals surface area contributed by atoms with Gasteiger partial charge in [0, 0.05) is 37.1 Å². The Morgan fingerprint density at radius 3 is 2.64 bits per heavy atom. The molecule has 2 N–H and O–H groups in total. The number of nitrogens with zero attached hydrogens (tertiary/aromatic N) is 3. The van der Waals surface area contributed by atoms with E-state index < -0.39 is 6.04 Å². The minimum Gasteiger partial charge on any atom is -0.450 e. The average molecular weight is 470 g/mol. The van der Waals surface area contributed by atoms with Gasteiger partial charge in [0.1, 0.15) is 6.04 Å². The fourth-order valence-electron chi connectivity index (χ4n) is 3.72. The summed E-state index contributed by atoms with van der Waals surface area (Å²) in [5.74, 6) is -0.556. The molecule has 1 atom stereocenters. The van der Waals surface area contributed by atoms with Gasteiger partial charge in [-0.25, -0.2) is 9.78 Å². The molecule has 1 aliphatic heterocycles. The fraction of sp³-hybridized carbons (Fsp3) is 0.391. The summed E-state index contributed by atoms with van der Waals surface area (Å²) in [6.45, 7) is 4.85. The van der Waals surface area contributed by atoms with Gasteiger partial charge in [0.05, 0.1) is 16.8 Å². The SMILES string of the molecule is CCOC(=O)N1CCC(NC(=O)C(C)NC(=O)c2ccc3nc(-n4cccc4)sc3c2)CC1. The van der Waals surface area contributed by atoms with Crippen molar-refractivity contribution in [3.8, 4) is 5.13 Å². The summed E-state index contributed by atoms with van der Waals surface area (Å²) in [4.78, 5) is 43.4. The lowest BCUT2D eigenvalue weighted by molar-refractivity contribution is -0.123. The molecule has 3 aromatic rings. The monoisotopic (exact) mass is 469 g/mol. The van der Waals surface area contributed by atoms with Crippen LogP contribution in [-0.4, -0.2) is 64.1 Å². The molecule has 3 amide bonds. The molecule has 1 aliphatic rings. The number of fused-ring (bicyclic) bond motifs is 1. The number of rotatable bonds is 6. The number of aromatic nitrogens is 2. The Hall–Kier alpha value is -3.40. The Bertz CT molecular complexity index is 1140. The zero-order valence-electron chi connectivity index (χ0n) is 18.6. The van der Waals surface area contributed by atoms with Gasteiger partial charge in [-0.2, -0.15) is 0 Å². The first-order valence-electron chi connectivity index (χ1n) is 11.0. The third-order valence-electron chi connectivity index (χ3n) is 5.57. The summed E-state index contributed by atoms with van der Waals surface area (Å²) in [5, 5.41) is 6.57. The number of carbonyl (C=O) groups excluding carboxylic acids is 3. The van der Waals surface area contributed by atoms with Crippen LogP contribution in [0.15, 0.2) is 42.7 Å². The second kappa shape index (κ2) is 10.0. The molecule has 1 unspecified atom stereocenters. The molecule has 0 aliphatic carbocycles. The minimum absolute atomic E-state index is 0.0387. The van der Waals surface area contributed by atoms with Crippen LogP contribution in [-0.2, 0) is 9.53 Å². The van der Waals surface area contributed by atoms with Gasteiger partial charge < -0.3 is 24.8 Å². The maximum Gasteiger partial charge on any atom is 0.409 e. The Morgan fingerprint density at radius 2 is 1.94 bits per heavy atom. The summed E-state index contributed by atoms with van der Waals surface area (Å²) >= 11 is 1.50. The zero-order valence-corrected chi connectivity index (χ0v) is 19.4. The highest BCUT2D eigenvalue weighted by Gasteiger charge is 2.26. The lowest BCUT2D eigenvalue weighted by Crippen LogP contribution is -2.51. The fourth-order valence-corrected chi connectivity index (χ4v) is 4.69. The van der Waals surface area contributed by atoms with Gasteiger partial charge in [-0.3, -0.25) is 9.59 Å². The number of amides is 3. The molecule has 0 spiro atoms. The van der Waals surface area contributed by atoms with Crippen molar-refractivity contribution in [2.24, 2.45) is 0 Å². The summed E-state index contributed by atoms with van der Waals surface area (Å²) in [5.41, 5.74) is 1.30. The first kappa shape index (κ1) is 22.8. The zero-order chi connectivity index (χ0) is 23.4. The first-order valence-corrected chi connectivity index (χ1v) is 11.8. The largest absolute Gasteiger partial charge is 0.450 e. The van der Waals surface area contributed by atoms with Gasteiger partial charge in [-0.15, -0.1) is 0 Å². The molecule has 1 aromatic carbocycles. The number of ether oxygens (including phenoxy) is 1. The molecule has 3 heterocycles. The van der Waals surface area contributed by atoms with Gasteiger partial charge in [0.15, 0.2) is 5.13 Å². The van der Waals surface area contributed by atoms with Crippen LogP contribution in [0.4, 0.5) is 4.79 Å². The first-order chi connectivity index (χ1) is 15.9. The molecule has 0 bridgehead atoms. The van der Waals surface area contributed by atoms with E-state index in [1.807, 2.05) is 35.2 Å². The van der Waals surface area contributed by atoms with E-state index in [2.05, 4.69) is 15.6 Å². The molecule has 0 saturated carbocycles. The maximum atomic E-state index is 12.7. The number of likely N-dealkylation sites (tertiary alicyclic amines) is 1. The average Bonchev–Trinajstić information content (AvgIpc) is 3.49. The number of thiazole rings is 1. The van der Waals surface area contributed by atoms with Crippen molar-refractivity contribution in [2.45, 2.75) is 38.8 Å². The van der Waals surface area contributed by atoms with Crippen LogP contribution in [0.25, 0.3) is 15.3 Å². The van der Waals surface area contributed by atoms with Gasteiger partial charge in [-0.05, 0) is 57.0 Å². The Morgan fingerprint density at radius 1 is 1.21 bits per heavy atom. The highest BCUT2D eigenvalue weighted by Crippen LogP contribution is 2.26. The molecule has 0 radical (unpaired) electrons. The van der Waals surface area contributed by atoms with E-state index in [1.165, 1.54) is 11.3 Å². The number of benzene rings is 1. The van der Waals surface area contributed by atoms with E-state index in [-0.39, 0.29) is 23.9 Å². The highest BCUT2D eigenvalue weighted by molar-refractivity contribution is 7.20. The molecule has 1 fully saturated rings. The standard InChI is InChI=1S/C23H27N5O4S/c1-3-32-23(31)28-12-8-17(9-13-28)25-20(29)15(2)24-21(30)16-6-7-18-19(14-16)33-22(26-18)27-10-4-5-11-27/h4-7,10-11,14-15,17H,3,8-9,12-13H2,1-2H3,(H,24,30)(H,25,29). The van der Waals surface area contributed by atoms with Crippen LogP contribution in [0.3, 0.4) is 0 Å². The second-order valence-electron chi connectivity index (χ2n) is 7.93. The van der Waals surface area contributed by atoms with Crippen LogP contribution >= 0.6 is 11.3 Å². The Kier molecular flexibility index (Phi) is 6.93. The lowest BCUT2D eigenvalue weighted by Gasteiger charge is -2.32. The third-order valence-corrected chi connectivity index (χ3v) is 6.60. The molecule has 174 valence electrons. The summed E-state index contributed by atoms with van der Waals surface area (Å²) in [6, 6.07) is 8.46. The van der Waals surface area contributed by atoms with E-state index in [0.29, 0.717) is 38.1 Å². The minimum atomic E-state index is -0.687. The van der Waals surface area contributed by atoms with E-state index in [1.54, 1.807) is 30.9 Å². The molecule has 2 aromatic heterocycles. The molecule has 9 nitrogen and oxygen atoms in total. The number of nitrogens with one attached hydrogen (secondary N) is 2. The lowest BCUT2D eigenvalue weighted by atomic mass is 10.0. The van der Waals surface area contributed by atoms with Crippen molar-refractivity contribution >= 4 is 39.5 Å². The second-order valence-corrected chi connectivity index (χ2v) is 8.94. The molecule has 33 heavy (non-hydrogen) atoms. The van der Waals surface area contributed by atoms with Crippen LogP contribution < -0.4 is 10.6 Å². The summed E-state index contributed by atoms with van der Waals surface area (Å²) in [6.07, 6.45) is 4.83. The van der Waals surface area contributed by atoms with Crippen molar-refractivity contribution in [3.63, 3.8) is 0 Å². The smallest absolute Gasteiger partial charge is 0.409 e. The van der Waals surface area contributed by atoms with Gasteiger partial charge in [0.2, 0.25) is 5.91 Å². The van der Waals surface area contributed by atoms with Gasteiger partial charge in [-0.1, -0.05) is 11.3 Å². The number of piperidine rings is 1. The molecular formula is C23H27N5O4S. The Labute approximate surface area is 195 Å². The summed E-state index contributed by atoms with van der Waals surface area (Å²) < 4.78 is 7.84. The van der Waals surface area contributed by atoms with E-state index >= 15 is 0 Å². The number of carbonyl (C=O) groups is 3. The topological polar surface area (TPSA) is 106 Å². The predicted molar refractivity (Wildman–Crippen MR) is 126 cm³/mol. The van der Waals surface area contributed by atoms with Crippen LogP contribution in [0.2, 0.25) is 0 Å². The molecule has 1 saturated heterocycles. The van der Waals surface area contributed by atoms with Gasteiger partial charge in [0.25, 0.3) is 5.91 Å². The summed E-state index contributed by atoms with van der Waals surface area (Å²) in [7, 11) is 0. The van der Waals surface area contributed by atoms with Crippen LogP contribution in [0.1, 0.15) is 37.0 Å². The normalized spacial score (nSPS) is 15.3. The van der Waals surface area contributed by atoms with Crippen molar-refractivity contribution in [3.05, 3.63) is 48.3 Å². The van der Waals surface area contributed by atoms with E-state index in [0.717, 1.165) is 15.3 Å². The number of hydrogen-bond acceptors (Lipinski definition) is 6. The Balaban J connectivity index is 1.31. The van der Waals surface area contributed by atoms with E-state index in [9.17, 15) is 14.4 Å². The third kappa shape index (κ3) is 5.33. The highest BCUT2D eigenvalue weighted by atomic mass is 32.1. The van der Waals surface area contributed by atoms with Crippen LogP contribution in [0, 0.1) is 0 Å². The predicted octanol–water partition coefficient (Wildman–Crippen LogP) is 2.94. The quantitative estimate of drug-likeness (QED) is 0.578. The van der Waals surface area contributed by atoms with Crippen LogP contribution in [0.5, 0.6) is 0 Å². The van der Waals surface area contributed by atoms with Crippen molar-refractivity contribution < 1.29 is 19.1 Å². The van der Waals surface area contributed by atoms with Gasteiger partial charge >= 0.3 is 6.09 Å². The molecule has 10 heteroatoms.